The number of halogens is 2. The van der Waals surface area contributed by atoms with Gasteiger partial charge in [0.25, 0.3) is 21.7 Å². The number of phenolic OH excluding ortho intramolecular Hbond substituents is 2. The summed E-state index contributed by atoms with van der Waals surface area (Å²) in [4.78, 5) is 49.2. The standard InChI is InChI=1S/C38H46Cl2N6O10S2/c1-5-38(19-41-26-27(33(50)32(26)49)43-24-14-12-22(39)36(30(24)47)57(53,54)45(2)3)16-20(17-38)18-46(4)58(55,56)37-23(40)13-15-25(31(37)48)44-29-28(34(51)35(29)52)42-21-10-8-6-7-9-11-21/h12-15,20-21,41-44,47-48H,5-11,16-19H2,1-4H3. The summed E-state index contributed by atoms with van der Waals surface area (Å²) in [5, 5.41) is 33.2. The number of nitrogens with zero attached hydrogens (tertiary/aromatic N) is 2. The van der Waals surface area contributed by atoms with Crippen molar-refractivity contribution in [3.63, 3.8) is 0 Å². The highest BCUT2D eigenvalue weighted by molar-refractivity contribution is 7.89. The molecule has 16 nitrogen and oxygen atoms in total. The Balaban J connectivity index is 1.11. The summed E-state index contributed by atoms with van der Waals surface area (Å²) in [6.07, 6.45) is 7.60. The lowest BCUT2D eigenvalue weighted by atomic mass is 9.60. The van der Waals surface area contributed by atoms with Gasteiger partial charge in [-0.3, -0.25) is 19.2 Å². The van der Waals surface area contributed by atoms with Crippen LogP contribution in [0.5, 0.6) is 11.5 Å². The summed E-state index contributed by atoms with van der Waals surface area (Å²) in [5.74, 6) is -1.55. The lowest BCUT2D eigenvalue weighted by molar-refractivity contribution is 0.0543. The molecule has 6 rings (SSSR count). The van der Waals surface area contributed by atoms with Crippen molar-refractivity contribution in [2.75, 3.05) is 55.5 Å². The van der Waals surface area contributed by atoms with E-state index in [2.05, 4.69) is 21.3 Å². The Morgan fingerprint density at radius 3 is 1.67 bits per heavy atom. The normalized spacial score (nSPS) is 19.3. The Hall–Kier alpha value is -4.20. The molecule has 0 amide bonds. The minimum Gasteiger partial charge on any atom is -0.504 e. The maximum atomic E-state index is 13.9. The zero-order valence-corrected chi connectivity index (χ0v) is 35.5. The van der Waals surface area contributed by atoms with Gasteiger partial charge in [0.05, 0.1) is 21.4 Å². The topological polar surface area (TPSA) is 232 Å². The van der Waals surface area contributed by atoms with Gasteiger partial charge in [0.15, 0.2) is 11.5 Å². The highest BCUT2D eigenvalue weighted by Gasteiger charge is 2.45. The number of aromatic hydroxyl groups is 2. The molecule has 0 unspecified atom stereocenters. The van der Waals surface area contributed by atoms with Gasteiger partial charge in [0.2, 0.25) is 20.0 Å². The van der Waals surface area contributed by atoms with Crippen molar-refractivity contribution in [2.24, 2.45) is 11.3 Å². The van der Waals surface area contributed by atoms with Crippen LogP contribution in [0, 0.1) is 11.3 Å². The maximum absolute atomic E-state index is 13.9. The number of benzene rings is 2. The van der Waals surface area contributed by atoms with Crippen molar-refractivity contribution in [2.45, 2.75) is 80.5 Å². The van der Waals surface area contributed by atoms with E-state index in [1.165, 1.54) is 45.4 Å². The molecule has 0 bridgehead atoms. The molecule has 6 N–H and O–H groups in total. The summed E-state index contributed by atoms with van der Waals surface area (Å²) < 4.78 is 55.3. The van der Waals surface area contributed by atoms with Crippen LogP contribution in [-0.2, 0) is 20.0 Å². The predicted octanol–water partition coefficient (Wildman–Crippen LogP) is 5.01. The van der Waals surface area contributed by atoms with Crippen LogP contribution in [0.1, 0.15) is 64.7 Å². The van der Waals surface area contributed by atoms with Crippen LogP contribution < -0.4 is 43.0 Å². The fraction of sp³-hybridized carbons (Fsp3) is 0.474. The number of sulfonamides is 2. The third-order valence-corrected chi connectivity index (χ3v) is 16.1. The lowest BCUT2D eigenvalue weighted by Crippen LogP contribution is -2.48. The molecule has 2 aliphatic rings. The number of anilines is 6. The van der Waals surface area contributed by atoms with Gasteiger partial charge in [-0.1, -0.05) is 55.8 Å². The second kappa shape index (κ2) is 16.5. The first-order valence-electron chi connectivity index (χ1n) is 18.9. The van der Waals surface area contributed by atoms with E-state index in [9.17, 15) is 46.2 Å². The molecular formula is C38H46Cl2N6O10S2. The first-order valence-corrected chi connectivity index (χ1v) is 22.5. The van der Waals surface area contributed by atoms with Gasteiger partial charge in [-0.2, -0.15) is 0 Å². The minimum atomic E-state index is -4.38. The summed E-state index contributed by atoms with van der Waals surface area (Å²) in [6, 6.07) is 5.16. The van der Waals surface area contributed by atoms with Crippen LogP contribution in [0.15, 0.2) is 53.2 Å². The van der Waals surface area contributed by atoms with Gasteiger partial charge in [-0.05, 0) is 67.7 Å². The second-order valence-electron chi connectivity index (χ2n) is 15.5. The number of rotatable bonds is 16. The molecule has 0 heterocycles. The van der Waals surface area contributed by atoms with E-state index in [1.54, 1.807) is 0 Å². The molecule has 2 saturated carbocycles. The fourth-order valence-electron chi connectivity index (χ4n) is 7.94. The third-order valence-electron chi connectivity index (χ3n) is 11.5. The van der Waals surface area contributed by atoms with E-state index in [0.29, 0.717) is 19.3 Å². The molecule has 2 aliphatic carbocycles. The highest BCUT2D eigenvalue weighted by Crippen LogP contribution is 2.50. The fourth-order valence-corrected chi connectivity index (χ4v) is 11.3. The maximum Gasteiger partial charge on any atom is 0.253 e. The Kier molecular flexibility index (Phi) is 12.3. The minimum absolute atomic E-state index is 0.0160. The molecule has 2 fully saturated rings. The monoisotopic (exact) mass is 880 g/mol. The van der Waals surface area contributed by atoms with Crippen molar-refractivity contribution in [1.82, 2.24) is 8.61 Å². The average Bonchev–Trinajstić information content (AvgIpc) is 3.44. The number of hydrogen-bond acceptors (Lipinski definition) is 14. The Bertz CT molecular complexity index is 2600. The van der Waals surface area contributed by atoms with E-state index in [4.69, 9.17) is 23.2 Å². The zero-order valence-electron chi connectivity index (χ0n) is 32.4. The van der Waals surface area contributed by atoms with Gasteiger partial charge in [0.1, 0.15) is 32.5 Å². The van der Waals surface area contributed by atoms with E-state index in [-0.39, 0.29) is 74.6 Å². The van der Waals surface area contributed by atoms with Crippen molar-refractivity contribution in [1.29, 1.82) is 0 Å². The van der Waals surface area contributed by atoms with Crippen molar-refractivity contribution in [3.05, 3.63) is 75.2 Å². The molecule has 314 valence electrons. The van der Waals surface area contributed by atoms with Gasteiger partial charge in [-0.15, -0.1) is 0 Å². The molecule has 0 atom stereocenters. The average molecular weight is 882 g/mol. The van der Waals surface area contributed by atoms with Crippen LogP contribution in [0.25, 0.3) is 0 Å². The quantitative estimate of drug-likeness (QED) is 0.0494. The summed E-state index contributed by atoms with van der Waals surface area (Å²) >= 11 is 12.5. The molecule has 0 saturated heterocycles. The Morgan fingerprint density at radius 2 is 1.17 bits per heavy atom. The highest BCUT2D eigenvalue weighted by atomic mass is 35.5. The molecule has 0 radical (unpaired) electrons. The Morgan fingerprint density at radius 1 is 0.707 bits per heavy atom. The van der Waals surface area contributed by atoms with E-state index >= 15 is 0 Å². The molecule has 58 heavy (non-hydrogen) atoms. The molecule has 4 aromatic carbocycles. The number of phenols is 2. The van der Waals surface area contributed by atoms with Crippen LogP contribution in [0.4, 0.5) is 34.1 Å². The van der Waals surface area contributed by atoms with E-state index in [0.717, 1.165) is 47.1 Å². The smallest absolute Gasteiger partial charge is 0.253 e. The molecular weight excluding hydrogens is 835 g/mol. The van der Waals surface area contributed by atoms with Crippen LogP contribution in [0.2, 0.25) is 10.0 Å². The largest absolute Gasteiger partial charge is 0.504 e. The molecule has 0 aliphatic heterocycles. The van der Waals surface area contributed by atoms with Crippen molar-refractivity contribution in [3.8, 4) is 11.5 Å². The molecule has 0 spiro atoms. The molecule has 4 aromatic rings. The predicted molar refractivity (Wildman–Crippen MR) is 225 cm³/mol. The van der Waals surface area contributed by atoms with Gasteiger partial charge in [-0.25, -0.2) is 25.4 Å². The first kappa shape index (κ1) is 43.4. The number of hydrogen-bond donors (Lipinski definition) is 6. The first-order chi connectivity index (χ1) is 27.2. The van der Waals surface area contributed by atoms with E-state index < -0.39 is 63.1 Å². The van der Waals surface area contributed by atoms with Gasteiger partial charge >= 0.3 is 0 Å². The summed E-state index contributed by atoms with van der Waals surface area (Å²) in [6.45, 7) is 2.26. The molecule has 20 heteroatoms. The molecule has 0 aromatic heterocycles. The van der Waals surface area contributed by atoms with Crippen molar-refractivity contribution < 1.29 is 27.0 Å². The SMILES string of the molecule is CCC1(CNc2c(Nc3ccc(Cl)c(S(=O)(=O)N(C)C)c3O)c(=O)c2=O)CC(CN(C)S(=O)(=O)c2c(Cl)ccc(Nc3c(NC4CCCCCC4)c(=O)c3=O)c2O)C1. The summed E-state index contributed by atoms with van der Waals surface area (Å²) in [5.41, 5.74) is -3.91. The zero-order chi connectivity index (χ0) is 42.5. The van der Waals surface area contributed by atoms with Gasteiger partial charge < -0.3 is 31.5 Å². The van der Waals surface area contributed by atoms with Gasteiger partial charge in [0, 0.05) is 40.3 Å². The van der Waals surface area contributed by atoms with E-state index in [1.807, 2.05) is 6.92 Å². The third kappa shape index (κ3) is 7.93. The van der Waals surface area contributed by atoms with Crippen LogP contribution in [-0.4, -0.2) is 75.9 Å². The lowest BCUT2D eigenvalue weighted by Gasteiger charge is -2.49. The Labute approximate surface area is 345 Å². The van der Waals surface area contributed by atoms with Crippen LogP contribution in [0.3, 0.4) is 0 Å². The second-order valence-corrected chi connectivity index (χ2v) is 20.4. The van der Waals surface area contributed by atoms with Crippen LogP contribution >= 0.6 is 23.2 Å². The number of nitrogens with one attached hydrogen (secondary N) is 4. The summed E-state index contributed by atoms with van der Waals surface area (Å²) in [7, 11) is -4.65. The van der Waals surface area contributed by atoms with Crippen molar-refractivity contribution >= 4 is 77.4 Å².